The molecule has 3 aromatic rings. The van der Waals surface area contributed by atoms with Gasteiger partial charge in [0.05, 0.1) is 0 Å². The van der Waals surface area contributed by atoms with Crippen molar-refractivity contribution in [3.63, 3.8) is 0 Å². The smallest absolute Gasteiger partial charge is 0.271 e. The number of thiazole rings is 1. The summed E-state index contributed by atoms with van der Waals surface area (Å²) in [5.41, 5.74) is 5.45. The maximum absolute atomic E-state index is 13.0. The third kappa shape index (κ3) is 2.13. The van der Waals surface area contributed by atoms with Crippen LogP contribution in [0.2, 0.25) is 0 Å². The number of fused-ring (bicyclic) bond motifs is 1. The van der Waals surface area contributed by atoms with Gasteiger partial charge >= 0.3 is 0 Å². The summed E-state index contributed by atoms with van der Waals surface area (Å²) in [7, 11) is 0. The average Bonchev–Trinajstić information content (AvgIpc) is 2.94. The van der Waals surface area contributed by atoms with Crippen LogP contribution in [0.1, 0.15) is 16.2 Å². The Balaban J connectivity index is 2.29. The molecule has 0 unspecified atom stereocenters. The van der Waals surface area contributed by atoms with Crippen LogP contribution in [-0.4, -0.2) is 21.0 Å². The molecule has 2 heterocycles. The molecule has 1 amide bonds. The first-order chi connectivity index (χ1) is 10.5. The Kier molecular flexibility index (Phi) is 3.19. The fraction of sp³-hybridized carbons (Fsp3) is 0. The SMILES string of the molecule is N#Cc1nc(C(N)=O)c(O)c2sc(-c3ccc(F)cc3)nc12. The summed E-state index contributed by atoms with van der Waals surface area (Å²) in [6.07, 6.45) is 0. The number of carbonyl (C=O) groups is 1. The number of aromatic hydroxyl groups is 1. The summed E-state index contributed by atoms with van der Waals surface area (Å²) < 4.78 is 13.2. The molecular formula is C14H7FN4O2S. The minimum Gasteiger partial charge on any atom is -0.504 e. The van der Waals surface area contributed by atoms with Crippen LogP contribution in [0, 0.1) is 17.1 Å². The Morgan fingerprint density at radius 2 is 2.00 bits per heavy atom. The second kappa shape index (κ2) is 5.05. The maximum Gasteiger partial charge on any atom is 0.271 e. The molecule has 0 saturated carbocycles. The standard InChI is InChI=1S/C14H7FN4O2S/c15-7-3-1-6(2-4-7)14-19-9-8(5-16)18-10(13(17)21)11(20)12(9)22-14/h1-4,20H,(H2,17,21). The van der Waals surface area contributed by atoms with Gasteiger partial charge in [0.2, 0.25) is 0 Å². The van der Waals surface area contributed by atoms with Crippen LogP contribution >= 0.6 is 11.3 Å². The van der Waals surface area contributed by atoms with Crippen LogP contribution in [0.4, 0.5) is 4.39 Å². The van der Waals surface area contributed by atoms with Crippen molar-refractivity contribution in [1.29, 1.82) is 5.26 Å². The van der Waals surface area contributed by atoms with Crippen molar-refractivity contribution in [1.82, 2.24) is 9.97 Å². The molecule has 6 nitrogen and oxygen atoms in total. The van der Waals surface area contributed by atoms with Crippen molar-refractivity contribution in [3.8, 4) is 22.4 Å². The van der Waals surface area contributed by atoms with E-state index >= 15 is 0 Å². The summed E-state index contributed by atoms with van der Waals surface area (Å²) in [5, 5.41) is 19.7. The van der Waals surface area contributed by atoms with E-state index in [0.29, 0.717) is 10.6 Å². The molecular weight excluding hydrogens is 307 g/mol. The van der Waals surface area contributed by atoms with Gasteiger partial charge in [0.15, 0.2) is 17.1 Å². The molecule has 8 heteroatoms. The number of hydrogen-bond donors (Lipinski definition) is 2. The highest BCUT2D eigenvalue weighted by Gasteiger charge is 2.21. The second-order valence-corrected chi connectivity index (χ2v) is 5.34. The van der Waals surface area contributed by atoms with Gasteiger partial charge in [-0.25, -0.2) is 14.4 Å². The lowest BCUT2D eigenvalue weighted by atomic mass is 10.2. The Bertz CT molecular complexity index is 944. The largest absolute Gasteiger partial charge is 0.504 e. The number of hydrogen-bond acceptors (Lipinski definition) is 6. The Morgan fingerprint density at radius 1 is 1.32 bits per heavy atom. The van der Waals surface area contributed by atoms with Gasteiger partial charge in [-0.05, 0) is 24.3 Å². The number of aromatic nitrogens is 2. The van der Waals surface area contributed by atoms with Crippen molar-refractivity contribution in [2.24, 2.45) is 5.73 Å². The van der Waals surface area contributed by atoms with Gasteiger partial charge in [-0.15, -0.1) is 11.3 Å². The second-order valence-electron chi connectivity index (χ2n) is 4.34. The van der Waals surface area contributed by atoms with Crippen molar-refractivity contribution < 1.29 is 14.3 Å². The van der Waals surface area contributed by atoms with Gasteiger partial charge in [0, 0.05) is 5.56 Å². The highest BCUT2D eigenvalue weighted by atomic mass is 32.1. The van der Waals surface area contributed by atoms with E-state index in [1.807, 2.05) is 6.07 Å². The molecule has 0 bridgehead atoms. The van der Waals surface area contributed by atoms with Crippen molar-refractivity contribution in [2.75, 3.05) is 0 Å². The topological polar surface area (TPSA) is 113 Å². The van der Waals surface area contributed by atoms with Crippen LogP contribution in [0.3, 0.4) is 0 Å². The van der Waals surface area contributed by atoms with Crippen molar-refractivity contribution in [2.45, 2.75) is 0 Å². The van der Waals surface area contributed by atoms with Crippen molar-refractivity contribution in [3.05, 3.63) is 41.5 Å². The van der Waals surface area contributed by atoms with Crippen LogP contribution in [0.15, 0.2) is 24.3 Å². The molecule has 0 radical (unpaired) electrons. The van der Waals surface area contributed by atoms with E-state index in [1.165, 1.54) is 24.3 Å². The third-order valence-corrected chi connectivity index (χ3v) is 4.06. The number of amides is 1. The Labute approximate surface area is 127 Å². The van der Waals surface area contributed by atoms with E-state index in [0.717, 1.165) is 11.3 Å². The molecule has 0 spiro atoms. The molecule has 2 aromatic heterocycles. The van der Waals surface area contributed by atoms with Crippen LogP contribution in [-0.2, 0) is 0 Å². The van der Waals surface area contributed by atoms with Gasteiger partial charge in [-0.2, -0.15) is 5.26 Å². The number of nitriles is 1. The Morgan fingerprint density at radius 3 is 2.59 bits per heavy atom. The summed E-state index contributed by atoms with van der Waals surface area (Å²) >= 11 is 1.06. The van der Waals surface area contributed by atoms with E-state index < -0.39 is 11.7 Å². The molecule has 22 heavy (non-hydrogen) atoms. The number of nitrogens with zero attached hydrogens (tertiary/aromatic N) is 3. The minimum absolute atomic E-state index is 0.105. The monoisotopic (exact) mass is 314 g/mol. The van der Waals surface area contributed by atoms with Gasteiger partial charge in [0.25, 0.3) is 5.91 Å². The number of carbonyl (C=O) groups excluding carboxylic acids is 1. The zero-order valence-corrected chi connectivity index (χ0v) is 11.7. The van der Waals surface area contributed by atoms with Crippen LogP contribution < -0.4 is 5.73 Å². The fourth-order valence-corrected chi connectivity index (χ4v) is 2.95. The quantitative estimate of drug-likeness (QED) is 0.752. The van der Waals surface area contributed by atoms with Gasteiger partial charge < -0.3 is 10.8 Å². The number of pyridine rings is 1. The average molecular weight is 314 g/mol. The van der Waals surface area contributed by atoms with Crippen LogP contribution in [0.25, 0.3) is 20.8 Å². The molecule has 0 atom stereocenters. The molecule has 0 aliphatic carbocycles. The van der Waals surface area contributed by atoms with Gasteiger partial charge in [-0.3, -0.25) is 4.79 Å². The molecule has 0 aliphatic rings. The summed E-state index contributed by atoms with van der Waals surface area (Å²) in [6, 6.07) is 7.43. The third-order valence-electron chi connectivity index (χ3n) is 2.94. The predicted molar refractivity (Wildman–Crippen MR) is 77.7 cm³/mol. The number of rotatable bonds is 2. The van der Waals surface area contributed by atoms with E-state index in [-0.39, 0.29) is 27.4 Å². The first-order valence-corrected chi connectivity index (χ1v) is 6.82. The molecule has 3 rings (SSSR count). The molecule has 0 aliphatic heterocycles. The van der Waals surface area contributed by atoms with Gasteiger partial charge in [0.1, 0.15) is 27.1 Å². The zero-order chi connectivity index (χ0) is 15.9. The normalized spacial score (nSPS) is 10.5. The molecule has 3 N–H and O–H groups in total. The zero-order valence-electron chi connectivity index (χ0n) is 10.9. The van der Waals surface area contributed by atoms with Gasteiger partial charge in [-0.1, -0.05) is 0 Å². The first-order valence-electron chi connectivity index (χ1n) is 6.00. The van der Waals surface area contributed by atoms with E-state index in [2.05, 4.69) is 9.97 Å². The number of halogens is 1. The minimum atomic E-state index is -0.937. The lowest BCUT2D eigenvalue weighted by Crippen LogP contribution is -2.14. The lowest BCUT2D eigenvalue weighted by molar-refractivity contribution is 0.0993. The Hall–Kier alpha value is -3.05. The lowest BCUT2D eigenvalue weighted by Gasteiger charge is -2.00. The fourth-order valence-electron chi connectivity index (χ4n) is 1.93. The van der Waals surface area contributed by atoms with Crippen molar-refractivity contribution >= 4 is 27.5 Å². The molecule has 108 valence electrons. The first kappa shape index (κ1) is 13.9. The predicted octanol–water partition coefficient (Wildman–Crippen LogP) is 2.17. The maximum atomic E-state index is 13.0. The summed E-state index contributed by atoms with van der Waals surface area (Å²) in [4.78, 5) is 19.3. The highest BCUT2D eigenvalue weighted by molar-refractivity contribution is 7.22. The van der Waals surface area contributed by atoms with Crippen LogP contribution in [0.5, 0.6) is 5.75 Å². The summed E-state index contributed by atoms with van der Waals surface area (Å²) in [5.74, 6) is -1.73. The summed E-state index contributed by atoms with van der Waals surface area (Å²) in [6.45, 7) is 0. The van der Waals surface area contributed by atoms with E-state index in [4.69, 9.17) is 11.0 Å². The number of benzene rings is 1. The van der Waals surface area contributed by atoms with E-state index in [1.54, 1.807) is 0 Å². The highest BCUT2D eigenvalue weighted by Crippen LogP contribution is 2.37. The van der Waals surface area contributed by atoms with E-state index in [9.17, 15) is 14.3 Å². The molecule has 0 fully saturated rings. The number of nitrogens with two attached hydrogens (primary N) is 1. The molecule has 1 aromatic carbocycles. The number of primary amides is 1. The molecule has 0 saturated heterocycles.